The Labute approximate surface area is 104 Å². The molecule has 16 heavy (non-hydrogen) atoms. The van der Waals surface area contributed by atoms with Crippen LogP contribution in [0.2, 0.25) is 0 Å². The lowest BCUT2D eigenvalue weighted by Crippen LogP contribution is -2.42. The predicted octanol–water partition coefficient (Wildman–Crippen LogP) is 2.17. The van der Waals surface area contributed by atoms with Crippen molar-refractivity contribution < 1.29 is 9.90 Å². The van der Waals surface area contributed by atoms with Crippen LogP contribution in [0.25, 0.3) is 0 Å². The first-order valence-electron chi connectivity index (χ1n) is 5.70. The molecule has 0 bridgehead atoms. The van der Waals surface area contributed by atoms with Gasteiger partial charge in [0.05, 0.1) is 5.41 Å². The maximum Gasteiger partial charge on any atom is 0.226 e. The average Bonchev–Trinajstić information content (AvgIpc) is 2.23. The zero-order valence-corrected chi connectivity index (χ0v) is 11.5. The lowest BCUT2D eigenvalue weighted by atomic mass is 9.87. The molecule has 0 aliphatic carbocycles. The van der Waals surface area contributed by atoms with Gasteiger partial charge in [-0.3, -0.25) is 4.79 Å². The molecule has 0 atom stereocenters. The van der Waals surface area contributed by atoms with Gasteiger partial charge in [0, 0.05) is 19.0 Å². The van der Waals surface area contributed by atoms with E-state index in [9.17, 15) is 4.79 Å². The summed E-state index contributed by atoms with van der Waals surface area (Å²) in [6.45, 7) is 8.64. The third-order valence-electron chi connectivity index (χ3n) is 2.69. The van der Waals surface area contributed by atoms with Crippen molar-refractivity contribution >= 4 is 17.5 Å². The van der Waals surface area contributed by atoms with Gasteiger partial charge >= 0.3 is 0 Å². The van der Waals surface area contributed by atoms with Crippen LogP contribution in [0.4, 0.5) is 0 Å². The van der Waals surface area contributed by atoms with Crippen molar-refractivity contribution in [2.24, 2.45) is 10.8 Å². The van der Waals surface area contributed by atoms with Crippen molar-refractivity contribution in [1.29, 1.82) is 0 Å². The summed E-state index contributed by atoms with van der Waals surface area (Å²) in [6, 6.07) is 0. The van der Waals surface area contributed by atoms with Crippen LogP contribution in [-0.2, 0) is 4.79 Å². The molecule has 0 radical (unpaired) electrons. The topological polar surface area (TPSA) is 49.3 Å². The lowest BCUT2D eigenvalue weighted by molar-refractivity contribution is -0.128. The van der Waals surface area contributed by atoms with Crippen LogP contribution in [0.1, 0.15) is 40.5 Å². The van der Waals surface area contributed by atoms with Gasteiger partial charge in [0.15, 0.2) is 0 Å². The summed E-state index contributed by atoms with van der Waals surface area (Å²) in [5.41, 5.74) is -0.505. The van der Waals surface area contributed by atoms with E-state index in [0.29, 0.717) is 12.4 Å². The largest absolute Gasteiger partial charge is 0.396 e. The Morgan fingerprint density at radius 1 is 1.31 bits per heavy atom. The van der Waals surface area contributed by atoms with Gasteiger partial charge in [-0.2, -0.15) is 0 Å². The van der Waals surface area contributed by atoms with Crippen molar-refractivity contribution in [2.75, 3.05) is 19.0 Å². The molecular formula is C12H24ClNO2. The molecule has 0 aliphatic heterocycles. The maximum atomic E-state index is 11.8. The summed E-state index contributed by atoms with van der Waals surface area (Å²) in [5, 5.41) is 11.7. The molecule has 0 saturated heterocycles. The van der Waals surface area contributed by atoms with Crippen molar-refractivity contribution in [3.05, 3.63) is 0 Å². The number of hydrogen-bond acceptors (Lipinski definition) is 2. The molecule has 0 saturated carbocycles. The van der Waals surface area contributed by atoms with Gasteiger partial charge in [-0.05, 0) is 32.1 Å². The molecule has 0 aliphatic rings. The molecule has 0 heterocycles. The normalized spacial score (nSPS) is 12.6. The first-order chi connectivity index (χ1) is 7.25. The van der Waals surface area contributed by atoms with Crippen LogP contribution in [0.3, 0.4) is 0 Å². The van der Waals surface area contributed by atoms with Crippen LogP contribution in [0.5, 0.6) is 0 Å². The number of rotatable bonds is 7. The predicted molar refractivity (Wildman–Crippen MR) is 67.6 cm³/mol. The summed E-state index contributed by atoms with van der Waals surface area (Å²) in [4.78, 5) is 11.8. The maximum absolute atomic E-state index is 11.8. The first-order valence-corrected chi connectivity index (χ1v) is 6.24. The molecule has 96 valence electrons. The minimum absolute atomic E-state index is 0.0143. The number of aliphatic hydroxyl groups excluding tert-OH is 1. The molecule has 3 nitrogen and oxygen atoms in total. The number of carbonyl (C=O) groups is 1. The number of halogens is 1. The molecule has 0 aromatic carbocycles. The van der Waals surface area contributed by atoms with E-state index in [1.807, 2.05) is 13.8 Å². The number of aliphatic hydroxyl groups is 1. The second kappa shape index (κ2) is 6.45. The number of nitrogens with one attached hydrogen (secondary N) is 1. The Bertz CT molecular complexity index is 227. The van der Waals surface area contributed by atoms with E-state index >= 15 is 0 Å². The molecule has 0 fully saturated rings. The molecule has 0 aromatic rings. The SMILES string of the molecule is CC(C)(CCCO)CNC(=O)C(C)(C)CCl. The van der Waals surface area contributed by atoms with Crippen LogP contribution >= 0.6 is 11.6 Å². The van der Waals surface area contributed by atoms with Crippen molar-refractivity contribution in [3.63, 3.8) is 0 Å². The number of hydrogen-bond donors (Lipinski definition) is 2. The molecule has 0 rings (SSSR count). The monoisotopic (exact) mass is 249 g/mol. The Morgan fingerprint density at radius 2 is 1.88 bits per heavy atom. The number of alkyl halides is 1. The Kier molecular flexibility index (Phi) is 6.34. The van der Waals surface area contributed by atoms with Gasteiger partial charge in [0.25, 0.3) is 0 Å². The number of carbonyl (C=O) groups excluding carboxylic acids is 1. The first kappa shape index (κ1) is 15.7. The van der Waals surface area contributed by atoms with Gasteiger partial charge in [0.1, 0.15) is 0 Å². The van der Waals surface area contributed by atoms with Gasteiger partial charge in [0.2, 0.25) is 5.91 Å². The van der Waals surface area contributed by atoms with Gasteiger partial charge in [-0.25, -0.2) is 0 Å². The van der Waals surface area contributed by atoms with E-state index < -0.39 is 5.41 Å². The quantitative estimate of drug-likeness (QED) is 0.680. The summed E-state index contributed by atoms with van der Waals surface area (Å²) in [6.07, 6.45) is 1.66. The standard InChI is InChI=1S/C12H24ClNO2/c1-11(2,6-5-7-15)9-14-10(16)12(3,4)8-13/h15H,5-9H2,1-4H3,(H,14,16). The van der Waals surface area contributed by atoms with Gasteiger partial charge < -0.3 is 10.4 Å². The van der Waals surface area contributed by atoms with Gasteiger partial charge in [-0.15, -0.1) is 11.6 Å². The minimum atomic E-state index is -0.519. The van der Waals surface area contributed by atoms with Crippen molar-refractivity contribution in [2.45, 2.75) is 40.5 Å². The fraction of sp³-hybridized carbons (Fsp3) is 0.917. The molecule has 1 amide bonds. The summed E-state index contributed by atoms with van der Waals surface area (Å²) < 4.78 is 0. The molecule has 4 heteroatoms. The van der Waals surface area contributed by atoms with Crippen molar-refractivity contribution in [3.8, 4) is 0 Å². The molecule has 2 N–H and O–H groups in total. The highest BCUT2D eigenvalue weighted by Gasteiger charge is 2.28. The van der Waals surface area contributed by atoms with Crippen LogP contribution in [0, 0.1) is 10.8 Å². The zero-order chi connectivity index (χ0) is 12.8. The molecule has 0 aromatic heterocycles. The van der Waals surface area contributed by atoms with Crippen molar-refractivity contribution in [1.82, 2.24) is 5.32 Å². The van der Waals surface area contributed by atoms with Crippen LogP contribution in [-0.4, -0.2) is 30.0 Å². The van der Waals surface area contributed by atoms with E-state index in [1.54, 1.807) is 0 Å². The van der Waals surface area contributed by atoms with Gasteiger partial charge in [-0.1, -0.05) is 13.8 Å². The highest BCUT2D eigenvalue weighted by atomic mass is 35.5. The van der Waals surface area contributed by atoms with E-state index in [4.69, 9.17) is 16.7 Å². The summed E-state index contributed by atoms with van der Waals surface area (Å²) in [5.74, 6) is 0.301. The Balaban J connectivity index is 4.09. The average molecular weight is 250 g/mol. The fourth-order valence-corrected chi connectivity index (χ4v) is 1.39. The molecule has 0 unspecified atom stereocenters. The number of amides is 1. The summed E-state index contributed by atoms with van der Waals surface area (Å²) in [7, 11) is 0. The highest BCUT2D eigenvalue weighted by Crippen LogP contribution is 2.22. The second-order valence-corrected chi connectivity index (χ2v) is 5.96. The Morgan fingerprint density at radius 3 is 2.31 bits per heavy atom. The highest BCUT2D eigenvalue weighted by molar-refractivity contribution is 6.19. The fourth-order valence-electron chi connectivity index (χ4n) is 1.27. The third kappa shape index (κ3) is 5.71. The molecular weight excluding hydrogens is 226 g/mol. The minimum Gasteiger partial charge on any atom is -0.396 e. The Hall–Kier alpha value is -0.280. The van der Waals surface area contributed by atoms with E-state index in [-0.39, 0.29) is 17.9 Å². The van der Waals surface area contributed by atoms with Crippen LogP contribution < -0.4 is 5.32 Å². The third-order valence-corrected chi connectivity index (χ3v) is 3.36. The van der Waals surface area contributed by atoms with E-state index in [0.717, 1.165) is 12.8 Å². The van der Waals surface area contributed by atoms with E-state index in [1.165, 1.54) is 0 Å². The second-order valence-electron chi connectivity index (χ2n) is 5.69. The van der Waals surface area contributed by atoms with E-state index in [2.05, 4.69) is 19.2 Å². The summed E-state index contributed by atoms with van der Waals surface area (Å²) >= 11 is 5.73. The smallest absolute Gasteiger partial charge is 0.226 e. The zero-order valence-electron chi connectivity index (χ0n) is 10.8. The lowest BCUT2D eigenvalue weighted by Gasteiger charge is -2.28. The molecule has 0 spiro atoms. The van der Waals surface area contributed by atoms with Crippen LogP contribution in [0.15, 0.2) is 0 Å².